The van der Waals surface area contributed by atoms with E-state index in [2.05, 4.69) is 10.1 Å². The summed E-state index contributed by atoms with van der Waals surface area (Å²) < 4.78 is 107. The summed E-state index contributed by atoms with van der Waals surface area (Å²) in [4.78, 5) is 71.4. The second kappa shape index (κ2) is 21.6. The molecule has 4 heterocycles. The highest BCUT2D eigenvalue weighted by atomic mass is 19.4. The number of carbonyl (C=O) groups is 4. The normalized spacial score (nSPS) is 21.2. The van der Waals surface area contributed by atoms with Gasteiger partial charge in [-0.1, -0.05) is 97.9 Å². The highest BCUT2D eigenvalue weighted by Gasteiger charge is 2.55. The van der Waals surface area contributed by atoms with Crippen LogP contribution in [0.5, 0.6) is 0 Å². The molecule has 0 saturated heterocycles. The molecule has 21 heteroatoms. The molecule has 1 aromatic heterocycles. The van der Waals surface area contributed by atoms with E-state index in [1.54, 1.807) is 42.5 Å². The molecule has 422 valence electrons. The van der Waals surface area contributed by atoms with Crippen LogP contribution in [-0.4, -0.2) is 67.4 Å². The maximum atomic E-state index is 15.0. The number of benzene rings is 5. The van der Waals surface area contributed by atoms with Crippen molar-refractivity contribution in [2.45, 2.75) is 114 Å². The van der Waals surface area contributed by atoms with E-state index < -0.39 is 81.0 Å². The Bertz CT molecular complexity index is 3440. The molecule has 0 bridgehead atoms. The van der Waals surface area contributed by atoms with Gasteiger partial charge in [0.15, 0.2) is 23.0 Å². The molecule has 4 amide bonds. The summed E-state index contributed by atoms with van der Waals surface area (Å²) in [5.41, 5.74) is 9.70. The number of nitrogens with two attached hydrogens (primary N) is 2. The van der Waals surface area contributed by atoms with Crippen LogP contribution in [0, 0.1) is 17.7 Å². The Morgan fingerprint density at radius 3 is 1.85 bits per heavy atom. The zero-order valence-electron chi connectivity index (χ0n) is 44.5. The number of rotatable bonds is 15. The molecule has 81 heavy (non-hydrogen) atoms. The van der Waals surface area contributed by atoms with Crippen LogP contribution in [0.25, 0.3) is 0 Å². The molecular formula is C60H58F7N9O5. The Kier molecular flexibility index (Phi) is 14.9. The second-order valence-electron chi connectivity index (χ2n) is 21.8. The number of hydrogen-bond acceptors (Lipinski definition) is 10. The van der Waals surface area contributed by atoms with Gasteiger partial charge >= 0.3 is 12.4 Å². The number of fused-ring (bicyclic) bond motifs is 1. The summed E-state index contributed by atoms with van der Waals surface area (Å²) in [6.45, 7) is 3.46. The zero-order valence-corrected chi connectivity index (χ0v) is 44.5. The van der Waals surface area contributed by atoms with Crippen molar-refractivity contribution in [2.75, 3.05) is 7.05 Å². The van der Waals surface area contributed by atoms with E-state index in [1.165, 1.54) is 53.2 Å². The predicted octanol–water partition coefficient (Wildman–Crippen LogP) is 10.8. The average molecular weight is 1120 g/mol. The topological polar surface area (TPSA) is 184 Å². The van der Waals surface area contributed by atoms with Crippen molar-refractivity contribution in [3.63, 3.8) is 0 Å². The van der Waals surface area contributed by atoms with Gasteiger partial charge in [-0.3, -0.25) is 29.0 Å². The monoisotopic (exact) mass is 1120 g/mol. The van der Waals surface area contributed by atoms with Crippen LogP contribution in [0.15, 0.2) is 136 Å². The zero-order chi connectivity index (χ0) is 57.8. The Balaban J connectivity index is 0.831. The smallest absolute Gasteiger partial charge is 0.369 e. The molecule has 0 radical (unpaired) electrons. The van der Waals surface area contributed by atoms with Crippen molar-refractivity contribution in [1.82, 2.24) is 24.8 Å². The van der Waals surface area contributed by atoms with Crippen molar-refractivity contribution in [1.29, 1.82) is 0 Å². The first kappa shape index (κ1) is 55.9. The largest absolute Gasteiger partial charge is 0.417 e. The lowest BCUT2D eigenvalue weighted by molar-refractivity contribution is -0.138. The quantitative estimate of drug-likeness (QED) is 0.0952. The molecule has 1 saturated carbocycles. The molecule has 2 unspecified atom stereocenters. The summed E-state index contributed by atoms with van der Waals surface area (Å²) in [6.07, 6.45) is -7.24. The molecule has 14 nitrogen and oxygen atoms in total. The van der Waals surface area contributed by atoms with Crippen LogP contribution in [-0.2, 0) is 65.7 Å². The van der Waals surface area contributed by atoms with Gasteiger partial charge in [-0.2, -0.15) is 26.3 Å². The first-order valence-corrected chi connectivity index (χ1v) is 26.6. The van der Waals surface area contributed by atoms with Gasteiger partial charge in [0.1, 0.15) is 17.3 Å². The lowest BCUT2D eigenvalue weighted by Crippen LogP contribution is -2.47. The lowest BCUT2D eigenvalue weighted by atomic mass is 9.68. The van der Waals surface area contributed by atoms with Crippen molar-refractivity contribution in [3.05, 3.63) is 194 Å². The van der Waals surface area contributed by atoms with Crippen molar-refractivity contribution in [2.24, 2.45) is 33.3 Å². The minimum Gasteiger partial charge on any atom is -0.369 e. The van der Waals surface area contributed by atoms with E-state index in [9.17, 15) is 49.9 Å². The van der Waals surface area contributed by atoms with E-state index >= 15 is 0 Å². The molecule has 4 N–H and O–H groups in total. The molecule has 6 aromatic rings. The van der Waals surface area contributed by atoms with Gasteiger partial charge in [-0.05, 0) is 120 Å². The van der Waals surface area contributed by atoms with E-state index in [-0.39, 0.29) is 73.3 Å². The highest BCUT2D eigenvalue weighted by molar-refractivity contribution is 6.08. The Morgan fingerprint density at radius 1 is 0.704 bits per heavy atom. The standard InChI is InChI=1S/C60H58F7N9O5/c1-35(2)25-26-57(41-11-5-4-6-12-41)53(79)75(55(68)70-57)30-36-13-23-48(59(62,63)64)46(27-36)51(77)73(3)34-45-29-50(81-72-45)38-15-17-42(18-16-38)58(43-19-21-44(61)22-20-43)54(80)76(56(69)71-58)31-37-14-24-49(60(65,66)67)47(28-37)52(78)74-32-39-9-7-8-10-40(39)33-74/h4-14,19-24,27-29,35,38,42H,15-18,25-26,30-34H2,1-3H3,(H2,68,70)(H2,69,71). The third-order valence-electron chi connectivity index (χ3n) is 16.0. The number of aromatic nitrogens is 1. The van der Waals surface area contributed by atoms with E-state index in [0.29, 0.717) is 55.4 Å². The summed E-state index contributed by atoms with van der Waals surface area (Å²) in [5, 5.41) is 4.17. The van der Waals surface area contributed by atoms with E-state index in [4.69, 9.17) is 21.0 Å². The fraction of sp³-hybridized carbons (Fsp3) is 0.350. The molecule has 1 fully saturated rings. The average Bonchev–Trinajstić information content (AvgIpc) is 4.28. The summed E-state index contributed by atoms with van der Waals surface area (Å²) in [5.74, 6) is -3.82. The molecular weight excluding hydrogens is 1060 g/mol. The third-order valence-corrected chi connectivity index (χ3v) is 16.0. The van der Waals surface area contributed by atoms with Gasteiger partial charge in [0.2, 0.25) is 0 Å². The first-order chi connectivity index (χ1) is 38.5. The molecule has 5 aromatic carbocycles. The fourth-order valence-electron chi connectivity index (χ4n) is 11.8. The lowest BCUT2D eigenvalue weighted by Gasteiger charge is -2.38. The number of guanidine groups is 2. The minimum absolute atomic E-state index is 0.0958. The second-order valence-corrected chi connectivity index (χ2v) is 21.8. The van der Waals surface area contributed by atoms with Crippen molar-refractivity contribution < 1.29 is 54.4 Å². The van der Waals surface area contributed by atoms with Crippen LogP contribution < -0.4 is 11.5 Å². The number of halogens is 7. The van der Waals surface area contributed by atoms with Crippen LogP contribution >= 0.6 is 0 Å². The third kappa shape index (κ3) is 10.8. The van der Waals surface area contributed by atoms with Crippen LogP contribution in [0.3, 0.4) is 0 Å². The van der Waals surface area contributed by atoms with Crippen molar-refractivity contribution in [3.8, 4) is 0 Å². The Labute approximate surface area is 462 Å². The highest BCUT2D eigenvalue weighted by Crippen LogP contribution is 2.50. The fourth-order valence-corrected chi connectivity index (χ4v) is 11.8. The maximum absolute atomic E-state index is 15.0. The molecule has 1 aliphatic carbocycles. The van der Waals surface area contributed by atoms with Crippen LogP contribution in [0.1, 0.15) is 135 Å². The van der Waals surface area contributed by atoms with Gasteiger partial charge in [-0.15, -0.1) is 0 Å². The summed E-state index contributed by atoms with van der Waals surface area (Å²) in [6, 6.07) is 29.3. The molecule has 4 aliphatic rings. The minimum atomic E-state index is -4.92. The number of aliphatic imine (C=N–C) groups is 2. The summed E-state index contributed by atoms with van der Waals surface area (Å²) in [7, 11) is 1.33. The van der Waals surface area contributed by atoms with Gasteiger partial charge in [0.25, 0.3) is 23.6 Å². The summed E-state index contributed by atoms with van der Waals surface area (Å²) >= 11 is 0. The maximum Gasteiger partial charge on any atom is 0.417 e. The van der Waals surface area contributed by atoms with Crippen molar-refractivity contribution >= 4 is 35.5 Å². The van der Waals surface area contributed by atoms with E-state index in [1.807, 2.05) is 32.0 Å². The number of carbonyl (C=O) groups excluding carboxylic acids is 4. The molecule has 2 atom stereocenters. The Morgan fingerprint density at radius 2 is 1.26 bits per heavy atom. The van der Waals surface area contributed by atoms with Gasteiger partial charge in [-0.25, -0.2) is 14.4 Å². The molecule has 0 spiro atoms. The van der Waals surface area contributed by atoms with Gasteiger partial charge in [0, 0.05) is 32.1 Å². The molecule has 10 rings (SSSR count). The number of nitrogens with zero attached hydrogens (tertiary/aromatic N) is 7. The SMILES string of the molecule is CC(C)CCC1(c2ccccc2)N=C(N)N(Cc2ccc(C(F)(F)F)c(C(=O)N(C)Cc3cc(C4CCC(C5(c6ccc(F)cc6)N=C(N)N(Cc6ccc(C(F)(F)F)c(C(=O)N7Cc8ccccc8C7)c6)C5=O)CC4)on3)c2)C1=O. The number of hydrogen-bond donors (Lipinski definition) is 2. The van der Waals surface area contributed by atoms with Crippen LogP contribution in [0.4, 0.5) is 30.7 Å². The van der Waals surface area contributed by atoms with Gasteiger partial charge in [0.05, 0.1) is 41.9 Å². The van der Waals surface area contributed by atoms with Crippen LogP contribution in [0.2, 0.25) is 0 Å². The number of amides is 4. The predicted molar refractivity (Wildman–Crippen MR) is 285 cm³/mol. The van der Waals surface area contributed by atoms with Gasteiger partial charge < -0.3 is 25.8 Å². The molecule has 3 aliphatic heterocycles. The van der Waals surface area contributed by atoms with E-state index in [0.717, 1.165) is 45.2 Å². The number of alkyl halides is 6. The first-order valence-electron chi connectivity index (χ1n) is 26.6. The Hall–Kier alpha value is -8.36.